The van der Waals surface area contributed by atoms with Gasteiger partial charge in [-0.15, -0.1) is 0 Å². The van der Waals surface area contributed by atoms with Crippen LogP contribution in [-0.2, 0) is 0 Å². The Kier molecular flexibility index (Phi) is 3.90. The summed E-state index contributed by atoms with van der Waals surface area (Å²) < 4.78 is 24.5. The van der Waals surface area contributed by atoms with Gasteiger partial charge < -0.3 is 9.15 Å². The molecule has 0 saturated heterocycles. The van der Waals surface area contributed by atoms with Crippen molar-refractivity contribution in [1.29, 1.82) is 0 Å². The number of hydrogen-bond acceptors (Lipinski definition) is 3. The molecule has 0 saturated carbocycles. The van der Waals surface area contributed by atoms with Crippen molar-refractivity contribution in [2.24, 2.45) is 0 Å². The van der Waals surface area contributed by atoms with E-state index < -0.39 is 5.82 Å². The van der Waals surface area contributed by atoms with Crippen molar-refractivity contribution < 1.29 is 13.5 Å². The minimum Gasteiger partial charge on any atom is -0.496 e. The molecule has 0 N–H and O–H groups in total. The van der Waals surface area contributed by atoms with Crippen LogP contribution in [0.25, 0.3) is 22.3 Å². The summed E-state index contributed by atoms with van der Waals surface area (Å²) in [6.07, 6.45) is 0. The first kappa shape index (κ1) is 15.3. The molecule has 0 aliphatic rings. The van der Waals surface area contributed by atoms with Gasteiger partial charge in [0.15, 0.2) is 5.43 Å². The van der Waals surface area contributed by atoms with Crippen LogP contribution in [0.2, 0.25) is 0 Å². The van der Waals surface area contributed by atoms with Gasteiger partial charge in [-0.25, -0.2) is 4.39 Å². The zero-order valence-electron chi connectivity index (χ0n) is 13.2. The second-order valence-electron chi connectivity index (χ2n) is 5.73. The molecule has 4 heteroatoms. The number of halogens is 1. The van der Waals surface area contributed by atoms with Gasteiger partial charge in [0.2, 0.25) is 0 Å². The average Bonchev–Trinajstić information content (AvgIpc) is 2.53. The van der Waals surface area contributed by atoms with E-state index in [0.29, 0.717) is 17.1 Å². The average molecular weight is 312 g/mol. The Bertz CT molecular complexity index is 926. The molecule has 0 unspecified atom stereocenters. The molecule has 2 aromatic carbocycles. The Morgan fingerprint density at radius 3 is 2.57 bits per heavy atom. The van der Waals surface area contributed by atoms with Crippen LogP contribution in [0.5, 0.6) is 5.75 Å². The molecule has 23 heavy (non-hydrogen) atoms. The Labute approximate surface area is 133 Å². The van der Waals surface area contributed by atoms with Crippen LogP contribution < -0.4 is 10.2 Å². The molecule has 0 bridgehead atoms. The molecule has 1 heterocycles. The number of fused-ring (bicyclic) bond motifs is 1. The van der Waals surface area contributed by atoms with E-state index in [1.54, 1.807) is 7.11 Å². The van der Waals surface area contributed by atoms with E-state index in [0.717, 1.165) is 16.9 Å². The largest absolute Gasteiger partial charge is 0.496 e. The van der Waals surface area contributed by atoms with Gasteiger partial charge in [0.25, 0.3) is 0 Å². The first-order valence-electron chi connectivity index (χ1n) is 7.41. The summed E-state index contributed by atoms with van der Waals surface area (Å²) >= 11 is 0. The summed E-state index contributed by atoms with van der Waals surface area (Å²) in [6, 6.07) is 11.0. The fourth-order valence-electron chi connectivity index (χ4n) is 2.61. The molecule has 3 nitrogen and oxygen atoms in total. The number of methoxy groups -OCH3 is 1. The van der Waals surface area contributed by atoms with E-state index in [9.17, 15) is 9.18 Å². The number of ether oxygens (including phenoxy) is 1. The Balaban J connectivity index is 2.18. The molecule has 0 aliphatic carbocycles. The Morgan fingerprint density at radius 1 is 1.09 bits per heavy atom. The van der Waals surface area contributed by atoms with Crippen LogP contribution in [0.1, 0.15) is 25.3 Å². The lowest BCUT2D eigenvalue weighted by Crippen LogP contribution is -2.01. The van der Waals surface area contributed by atoms with E-state index >= 15 is 0 Å². The quantitative estimate of drug-likeness (QED) is 0.702. The molecule has 0 amide bonds. The summed E-state index contributed by atoms with van der Waals surface area (Å²) in [5.74, 6) is 1.00. The van der Waals surface area contributed by atoms with Gasteiger partial charge in [-0.3, -0.25) is 4.79 Å². The van der Waals surface area contributed by atoms with E-state index in [-0.39, 0.29) is 11.0 Å². The second-order valence-corrected chi connectivity index (χ2v) is 5.73. The highest BCUT2D eigenvalue weighted by Crippen LogP contribution is 2.32. The first-order valence-corrected chi connectivity index (χ1v) is 7.41. The van der Waals surface area contributed by atoms with Crippen molar-refractivity contribution in [3.63, 3.8) is 0 Å². The zero-order chi connectivity index (χ0) is 16.6. The third kappa shape index (κ3) is 2.84. The van der Waals surface area contributed by atoms with Crippen LogP contribution in [0.4, 0.5) is 4.39 Å². The molecule has 0 radical (unpaired) electrons. The summed E-state index contributed by atoms with van der Waals surface area (Å²) in [6.45, 7) is 4.16. The second kappa shape index (κ2) is 5.88. The molecule has 0 spiro atoms. The molecule has 0 atom stereocenters. The fourth-order valence-corrected chi connectivity index (χ4v) is 2.61. The number of hydrogen-bond donors (Lipinski definition) is 0. The summed E-state index contributed by atoms with van der Waals surface area (Å²) in [4.78, 5) is 12.2. The molecule has 1 aromatic heterocycles. The van der Waals surface area contributed by atoms with E-state index in [1.807, 2.05) is 18.2 Å². The molecule has 0 fully saturated rings. The highest BCUT2D eigenvalue weighted by Gasteiger charge is 2.12. The first-order chi connectivity index (χ1) is 11.0. The van der Waals surface area contributed by atoms with Crippen molar-refractivity contribution in [3.05, 3.63) is 64.1 Å². The standard InChI is InChI=1S/C19H17FO3/c1-11(2)14-6-4-12(8-18(14)22-3)17-10-16(21)15-7-5-13(20)9-19(15)23-17/h4-11H,1-3H3. The highest BCUT2D eigenvalue weighted by atomic mass is 19.1. The normalized spacial score (nSPS) is 11.2. The SMILES string of the molecule is COc1cc(-c2cc(=O)c3ccc(F)cc3o2)ccc1C(C)C. The van der Waals surface area contributed by atoms with Crippen LogP contribution in [0.3, 0.4) is 0 Å². The summed E-state index contributed by atoms with van der Waals surface area (Å²) in [5.41, 5.74) is 1.83. The van der Waals surface area contributed by atoms with Crippen molar-refractivity contribution in [3.8, 4) is 17.1 Å². The van der Waals surface area contributed by atoms with Gasteiger partial charge in [-0.2, -0.15) is 0 Å². The van der Waals surface area contributed by atoms with Crippen molar-refractivity contribution in [2.45, 2.75) is 19.8 Å². The molecule has 0 aliphatic heterocycles. The lowest BCUT2D eigenvalue weighted by Gasteiger charge is -2.13. The maximum atomic E-state index is 13.4. The lowest BCUT2D eigenvalue weighted by atomic mass is 9.99. The van der Waals surface area contributed by atoms with Gasteiger partial charge in [-0.1, -0.05) is 26.0 Å². The highest BCUT2D eigenvalue weighted by molar-refractivity contribution is 5.78. The Morgan fingerprint density at radius 2 is 1.87 bits per heavy atom. The zero-order valence-corrected chi connectivity index (χ0v) is 13.2. The van der Waals surface area contributed by atoms with Crippen molar-refractivity contribution >= 4 is 11.0 Å². The van der Waals surface area contributed by atoms with Crippen molar-refractivity contribution in [2.75, 3.05) is 7.11 Å². The topological polar surface area (TPSA) is 39.4 Å². The van der Waals surface area contributed by atoms with E-state index in [1.165, 1.54) is 24.3 Å². The summed E-state index contributed by atoms with van der Waals surface area (Å²) in [7, 11) is 1.61. The van der Waals surface area contributed by atoms with E-state index in [4.69, 9.17) is 9.15 Å². The molecule has 3 rings (SSSR count). The Hall–Kier alpha value is -2.62. The third-order valence-electron chi connectivity index (χ3n) is 3.83. The monoisotopic (exact) mass is 312 g/mol. The van der Waals surface area contributed by atoms with Crippen LogP contribution >= 0.6 is 0 Å². The van der Waals surface area contributed by atoms with Gasteiger partial charge >= 0.3 is 0 Å². The molecule has 118 valence electrons. The molecular formula is C19H17FO3. The van der Waals surface area contributed by atoms with Crippen LogP contribution in [0.15, 0.2) is 51.7 Å². The maximum Gasteiger partial charge on any atom is 0.193 e. The number of rotatable bonds is 3. The van der Waals surface area contributed by atoms with Gasteiger partial charge in [0.05, 0.1) is 12.5 Å². The number of benzene rings is 2. The van der Waals surface area contributed by atoms with Gasteiger partial charge in [-0.05, 0) is 29.7 Å². The van der Waals surface area contributed by atoms with Gasteiger partial charge in [0, 0.05) is 17.7 Å². The van der Waals surface area contributed by atoms with Crippen LogP contribution in [-0.4, -0.2) is 7.11 Å². The van der Waals surface area contributed by atoms with E-state index in [2.05, 4.69) is 13.8 Å². The van der Waals surface area contributed by atoms with Gasteiger partial charge in [0.1, 0.15) is 22.9 Å². The maximum absolute atomic E-state index is 13.4. The molecule has 3 aromatic rings. The minimum atomic E-state index is -0.439. The fraction of sp³-hybridized carbons (Fsp3) is 0.211. The molecular weight excluding hydrogens is 295 g/mol. The third-order valence-corrected chi connectivity index (χ3v) is 3.83. The van der Waals surface area contributed by atoms with Crippen molar-refractivity contribution in [1.82, 2.24) is 0 Å². The summed E-state index contributed by atoms with van der Waals surface area (Å²) in [5, 5.41) is 0.362. The smallest absolute Gasteiger partial charge is 0.193 e. The lowest BCUT2D eigenvalue weighted by molar-refractivity contribution is 0.407. The predicted molar refractivity (Wildman–Crippen MR) is 88.5 cm³/mol. The predicted octanol–water partition coefficient (Wildman–Crippen LogP) is 4.73. The minimum absolute atomic E-state index is 0.201. The van der Waals surface area contributed by atoms with Crippen LogP contribution in [0, 0.1) is 5.82 Å².